The van der Waals surface area contributed by atoms with Gasteiger partial charge in [-0.05, 0) is 17.7 Å². The number of carbonyl (C=O) groups is 3. The van der Waals surface area contributed by atoms with E-state index >= 15 is 0 Å². The van der Waals surface area contributed by atoms with E-state index in [4.69, 9.17) is 17.2 Å². The first-order valence-corrected chi connectivity index (χ1v) is 5.81. The number of urea groups is 1. The van der Waals surface area contributed by atoms with Gasteiger partial charge in [-0.1, -0.05) is 12.1 Å². The Labute approximate surface area is 115 Å². The monoisotopic (exact) mass is 279 g/mol. The number of nitrogens with one attached hydrogen (secondary N) is 1. The molecule has 0 saturated carbocycles. The second-order valence-corrected chi connectivity index (χ2v) is 4.27. The molecule has 1 rings (SSSR count). The number of hydrogen-bond acceptors (Lipinski definition) is 5. The number of anilines is 1. The zero-order valence-corrected chi connectivity index (χ0v) is 10.8. The van der Waals surface area contributed by atoms with Gasteiger partial charge in [0.1, 0.15) is 0 Å². The van der Waals surface area contributed by atoms with Crippen molar-refractivity contribution in [3.63, 3.8) is 0 Å². The van der Waals surface area contributed by atoms with Crippen LogP contribution < -0.4 is 22.5 Å². The predicted molar refractivity (Wildman–Crippen MR) is 73.1 cm³/mol. The Hall–Kier alpha value is -2.61. The maximum atomic E-state index is 11.5. The first-order valence-electron chi connectivity index (χ1n) is 5.81. The number of carbonyl (C=O) groups excluding carboxylic acids is 3. The summed E-state index contributed by atoms with van der Waals surface area (Å²) >= 11 is 0. The smallest absolute Gasteiger partial charge is 0.318 e. The molecule has 20 heavy (non-hydrogen) atoms. The van der Waals surface area contributed by atoms with Crippen molar-refractivity contribution in [2.45, 2.75) is 6.54 Å². The van der Waals surface area contributed by atoms with Crippen LogP contribution in [0.3, 0.4) is 0 Å². The second kappa shape index (κ2) is 7.10. The quantitative estimate of drug-likeness (QED) is 0.481. The van der Waals surface area contributed by atoms with Gasteiger partial charge in [0.2, 0.25) is 11.8 Å². The Morgan fingerprint density at radius 1 is 1.05 bits per heavy atom. The van der Waals surface area contributed by atoms with E-state index in [0.717, 1.165) is 5.56 Å². The summed E-state index contributed by atoms with van der Waals surface area (Å²) in [6.07, 6.45) is 0. The third-order valence-corrected chi connectivity index (χ3v) is 2.40. The van der Waals surface area contributed by atoms with Crippen molar-refractivity contribution in [1.82, 2.24) is 10.2 Å². The molecule has 0 heterocycles. The van der Waals surface area contributed by atoms with Gasteiger partial charge >= 0.3 is 6.03 Å². The van der Waals surface area contributed by atoms with Crippen LogP contribution >= 0.6 is 0 Å². The molecule has 0 atom stereocenters. The van der Waals surface area contributed by atoms with Gasteiger partial charge in [-0.25, -0.2) is 4.79 Å². The van der Waals surface area contributed by atoms with Gasteiger partial charge in [0.15, 0.2) is 0 Å². The maximum Gasteiger partial charge on any atom is 0.318 e. The number of nitrogen functional groups attached to an aromatic ring is 1. The third-order valence-electron chi connectivity index (χ3n) is 2.40. The van der Waals surface area contributed by atoms with E-state index in [2.05, 4.69) is 0 Å². The highest BCUT2D eigenvalue weighted by atomic mass is 16.2. The van der Waals surface area contributed by atoms with Gasteiger partial charge < -0.3 is 17.2 Å². The van der Waals surface area contributed by atoms with Gasteiger partial charge in [0.25, 0.3) is 0 Å². The van der Waals surface area contributed by atoms with Crippen LogP contribution in [0.2, 0.25) is 0 Å². The molecule has 0 aliphatic rings. The number of imide groups is 1. The number of nitrogens with zero attached hydrogens (tertiary/aromatic N) is 1. The summed E-state index contributed by atoms with van der Waals surface area (Å²) in [6.45, 7) is 0.0300. The molecule has 0 fully saturated rings. The van der Waals surface area contributed by atoms with E-state index in [0.29, 0.717) is 12.2 Å². The maximum absolute atomic E-state index is 11.5. The normalized spacial score (nSPS) is 10.2. The number of benzene rings is 1. The summed E-state index contributed by atoms with van der Waals surface area (Å²) < 4.78 is 0. The molecule has 1 aromatic carbocycles. The van der Waals surface area contributed by atoms with Crippen LogP contribution in [-0.4, -0.2) is 35.8 Å². The van der Waals surface area contributed by atoms with E-state index < -0.39 is 17.8 Å². The van der Waals surface area contributed by atoms with Gasteiger partial charge in [-0.3, -0.25) is 19.8 Å². The summed E-state index contributed by atoms with van der Waals surface area (Å²) in [5, 5.41) is 1.93. The number of amides is 4. The highest BCUT2D eigenvalue weighted by Gasteiger charge is 2.14. The minimum atomic E-state index is -0.943. The Balaban J connectivity index is 2.68. The lowest BCUT2D eigenvalue weighted by molar-refractivity contribution is -0.123. The molecule has 0 spiro atoms. The summed E-state index contributed by atoms with van der Waals surface area (Å²) in [5.41, 5.74) is 17.0. The van der Waals surface area contributed by atoms with Gasteiger partial charge in [-0.15, -0.1) is 0 Å². The van der Waals surface area contributed by atoms with Crippen LogP contribution in [0.4, 0.5) is 10.5 Å². The molecular weight excluding hydrogens is 262 g/mol. The predicted octanol–water partition coefficient (Wildman–Crippen LogP) is -1.25. The Kier molecular flexibility index (Phi) is 5.48. The number of rotatable bonds is 6. The van der Waals surface area contributed by atoms with E-state index in [1.54, 1.807) is 24.3 Å². The molecule has 7 N–H and O–H groups in total. The minimum absolute atomic E-state index is 0.115. The van der Waals surface area contributed by atoms with Crippen molar-refractivity contribution in [3.05, 3.63) is 29.8 Å². The van der Waals surface area contributed by atoms with Crippen molar-refractivity contribution < 1.29 is 14.4 Å². The summed E-state index contributed by atoms with van der Waals surface area (Å²) in [7, 11) is 0. The first kappa shape index (κ1) is 15.4. The fourth-order valence-corrected chi connectivity index (χ4v) is 1.65. The number of nitrogens with two attached hydrogens (primary N) is 3. The van der Waals surface area contributed by atoms with Gasteiger partial charge in [-0.2, -0.15) is 0 Å². The Morgan fingerprint density at radius 3 is 2.15 bits per heavy atom. The molecule has 108 valence electrons. The minimum Gasteiger partial charge on any atom is -0.399 e. The highest BCUT2D eigenvalue weighted by Crippen LogP contribution is 2.08. The van der Waals surface area contributed by atoms with Crippen molar-refractivity contribution >= 4 is 23.5 Å². The first-order chi connectivity index (χ1) is 9.36. The van der Waals surface area contributed by atoms with Gasteiger partial charge in [0, 0.05) is 12.2 Å². The molecular formula is C12H17N5O3. The highest BCUT2D eigenvalue weighted by molar-refractivity contribution is 5.94. The zero-order chi connectivity index (χ0) is 15.1. The second-order valence-electron chi connectivity index (χ2n) is 4.27. The molecule has 4 amide bonds. The van der Waals surface area contributed by atoms with Crippen LogP contribution in [0, 0.1) is 0 Å². The molecule has 8 heteroatoms. The molecule has 0 radical (unpaired) electrons. The van der Waals surface area contributed by atoms with Crippen LogP contribution in [-0.2, 0) is 16.1 Å². The molecule has 0 aliphatic heterocycles. The van der Waals surface area contributed by atoms with Crippen LogP contribution in [0.15, 0.2) is 24.3 Å². The standard InChI is InChI=1S/C12H17N5O3/c13-9-3-1-8(2-4-9)5-17(6-10(14)18)7-11(19)16-12(15)20/h1-4H,5-7,13H2,(H2,14,18)(H3,15,16,19,20). The fourth-order valence-electron chi connectivity index (χ4n) is 1.65. The molecule has 8 nitrogen and oxygen atoms in total. The van der Waals surface area contributed by atoms with E-state index in [1.165, 1.54) is 4.90 Å². The van der Waals surface area contributed by atoms with Crippen LogP contribution in [0.1, 0.15) is 5.56 Å². The summed E-state index contributed by atoms with van der Waals surface area (Å²) in [4.78, 5) is 34.5. The molecule has 0 aromatic heterocycles. The lowest BCUT2D eigenvalue weighted by atomic mass is 10.2. The topological polar surface area (TPSA) is 145 Å². The SMILES string of the molecule is NC(=O)CN(CC(=O)NC(N)=O)Cc1ccc(N)cc1. The third kappa shape index (κ3) is 5.83. The van der Waals surface area contributed by atoms with Crippen molar-refractivity contribution in [3.8, 4) is 0 Å². The summed E-state index contributed by atoms with van der Waals surface area (Å²) in [5.74, 6) is -1.18. The molecule has 1 aromatic rings. The average molecular weight is 279 g/mol. The lowest BCUT2D eigenvalue weighted by Crippen LogP contribution is -2.44. The molecule has 0 saturated heterocycles. The van der Waals surface area contributed by atoms with E-state index in [9.17, 15) is 14.4 Å². The number of primary amides is 2. The van der Waals surface area contributed by atoms with E-state index in [1.807, 2.05) is 5.32 Å². The van der Waals surface area contributed by atoms with E-state index in [-0.39, 0.29) is 13.1 Å². The Morgan fingerprint density at radius 2 is 1.65 bits per heavy atom. The number of hydrogen-bond donors (Lipinski definition) is 4. The van der Waals surface area contributed by atoms with Crippen molar-refractivity contribution in [2.75, 3.05) is 18.8 Å². The largest absolute Gasteiger partial charge is 0.399 e. The molecule has 0 bridgehead atoms. The molecule has 0 unspecified atom stereocenters. The van der Waals surface area contributed by atoms with Crippen molar-refractivity contribution in [1.29, 1.82) is 0 Å². The zero-order valence-electron chi connectivity index (χ0n) is 10.8. The van der Waals surface area contributed by atoms with Gasteiger partial charge in [0.05, 0.1) is 13.1 Å². The Bertz CT molecular complexity index is 500. The van der Waals surface area contributed by atoms with Crippen LogP contribution in [0.5, 0.6) is 0 Å². The summed E-state index contributed by atoms with van der Waals surface area (Å²) in [6, 6.07) is 6.02. The fraction of sp³-hybridized carbons (Fsp3) is 0.250. The molecule has 0 aliphatic carbocycles. The van der Waals surface area contributed by atoms with Crippen LogP contribution in [0.25, 0.3) is 0 Å². The average Bonchev–Trinajstić information content (AvgIpc) is 2.30. The van der Waals surface area contributed by atoms with Crippen molar-refractivity contribution in [2.24, 2.45) is 11.5 Å². The lowest BCUT2D eigenvalue weighted by Gasteiger charge is -2.19.